The molecule has 0 aliphatic carbocycles. The fraction of sp³-hybridized carbons (Fsp3) is 0. The van der Waals surface area contributed by atoms with Crippen LogP contribution in [-0.4, -0.2) is 5.78 Å². The Morgan fingerprint density at radius 2 is 1.50 bits per heavy atom. The standard InChI is InChI=1S/C17H10BrFO/c18-15-10-14(7-8-16(15)19)17(20)13-6-5-11-3-1-2-4-12(11)9-13/h1-10H. The van der Waals surface area contributed by atoms with Gasteiger partial charge in [-0.2, -0.15) is 0 Å². The SMILES string of the molecule is O=C(c1ccc(F)c(Br)c1)c1ccc2ccccc2c1. The predicted molar refractivity (Wildman–Crippen MR) is 81.5 cm³/mol. The smallest absolute Gasteiger partial charge is 0.193 e. The van der Waals surface area contributed by atoms with Crippen LogP contribution in [0.3, 0.4) is 0 Å². The van der Waals surface area contributed by atoms with Crippen molar-refractivity contribution in [2.75, 3.05) is 0 Å². The summed E-state index contributed by atoms with van der Waals surface area (Å²) in [6.07, 6.45) is 0. The maximum atomic E-state index is 13.2. The number of carbonyl (C=O) groups excluding carboxylic acids is 1. The molecule has 0 saturated carbocycles. The van der Waals surface area contributed by atoms with Crippen LogP contribution in [0.5, 0.6) is 0 Å². The van der Waals surface area contributed by atoms with Crippen molar-refractivity contribution in [1.29, 1.82) is 0 Å². The van der Waals surface area contributed by atoms with Gasteiger partial charge in [0.1, 0.15) is 5.82 Å². The molecule has 0 unspecified atom stereocenters. The zero-order chi connectivity index (χ0) is 14.1. The van der Waals surface area contributed by atoms with E-state index in [1.165, 1.54) is 18.2 Å². The van der Waals surface area contributed by atoms with E-state index in [2.05, 4.69) is 15.9 Å². The number of benzene rings is 3. The van der Waals surface area contributed by atoms with E-state index in [1.807, 2.05) is 36.4 Å². The maximum Gasteiger partial charge on any atom is 0.193 e. The number of fused-ring (bicyclic) bond motifs is 1. The largest absolute Gasteiger partial charge is 0.289 e. The Kier molecular flexibility index (Phi) is 3.36. The first-order valence-electron chi connectivity index (χ1n) is 6.14. The summed E-state index contributed by atoms with van der Waals surface area (Å²) in [4.78, 5) is 12.4. The Labute approximate surface area is 124 Å². The van der Waals surface area contributed by atoms with E-state index in [0.717, 1.165) is 10.8 Å². The van der Waals surface area contributed by atoms with Crippen LogP contribution in [0.25, 0.3) is 10.8 Å². The molecule has 0 spiro atoms. The number of halogens is 2. The van der Waals surface area contributed by atoms with Crippen LogP contribution in [-0.2, 0) is 0 Å². The highest BCUT2D eigenvalue weighted by Crippen LogP contribution is 2.21. The first-order chi connectivity index (χ1) is 9.65. The van der Waals surface area contributed by atoms with E-state index >= 15 is 0 Å². The third-order valence-electron chi connectivity index (χ3n) is 3.19. The average molecular weight is 329 g/mol. The van der Waals surface area contributed by atoms with Crippen LogP contribution in [0.15, 0.2) is 65.1 Å². The quantitative estimate of drug-likeness (QED) is 0.607. The molecule has 1 nitrogen and oxygen atoms in total. The third kappa shape index (κ3) is 2.37. The van der Waals surface area contributed by atoms with E-state index in [1.54, 1.807) is 6.07 Å². The third-order valence-corrected chi connectivity index (χ3v) is 3.80. The highest BCUT2D eigenvalue weighted by molar-refractivity contribution is 9.10. The fourth-order valence-electron chi connectivity index (χ4n) is 2.13. The molecule has 0 atom stereocenters. The van der Waals surface area contributed by atoms with E-state index in [9.17, 15) is 9.18 Å². The van der Waals surface area contributed by atoms with Gasteiger partial charge in [-0.05, 0) is 51.0 Å². The molecule has 3 aromatic carbocycles. The number of hydrogen-bond donors (Lipinski definition) is 0. The second-order valence-electron chi connectivity index (χ2n) is 4.52. The van der Waals surface area contributed by atoms with E-state index in [4.69, 9.17) is 0 Å². The Hall–Kier alpha value is -2.00. The lowest BCUT2D eigenvalue weighted by atomic mass is 10.00. The lowest BCUT2D eigenvalue weighted by molar-refractivity contribution is 0.103. The van der Waals surface area contributed by atoms with Crippen molar-refractivity contribution >= 4 is 32.5 Å². The first-order valence-corrected chi connectivity index (χ1v) is 6.93. The van der Waals surface area contributed by atoms with Gasteiger partial charge in [0.25, 0.3) is 0 Å². The van der Waals surface area contributed by atoms with Gasteiger partial charge in [0.2, 0.25) is 0 Å². The summed E-state index contributed by atoms with van der Waals surface area (Å²) in [5, 5.41) is 2.10. The van der Waals surface area contributed by atoms with Crippen LogP contribution >= 0.6 is 15.9 Å². The molecule has 0 heterocycles. The van der Waals surface area contributed by atoms with Gasteiger partial charge < -0.3 is 0 Å². The summed E-state index contributed by atoms with van der Waals surface area (Å²) in [6, 6.07) is 17.7. The second kappa shape index (κ2) is 5.17. The van der Waals surface area contributed by atoms with E-state index in [-0.39, 0.29) is 11.6 Å². The zero-order valence-corrected chi connectivity index (χ0v) is 12.0. The van der Waals surface area contributed by atoms with Gasteiger partial charge in [-0.25, -0.2) is 4.39 Å². The van der Waals surface area contributed by atoms with Crippen molar-refractivity contribution in [3.8, 4) is 0 Å². The summed E-state index contributed by atoms with van der Waals surface area (Å²) < 4.78 is 13.5. The minimum absolute atomic E-state index is 0.114. The van der Waals surface area contributed by atoms with Gasteiger partial charge in [0.05, 0.1) is 4.47 Å². The minimum atomic E-state index is -0.375. The fourth-order valence-corrected chi connectivity index (χ4v) is 2.51. The molecule has 3 heteroatoms. The van der Waals surface area contributed by atoms with Gasteiger partial charge in [-0.1, -0.05) is 36.4 Å². The van der Waals surface area contributed by atoms with Gasteiger partial charge in [0.15, 0.2) is 5.78 Å². The monoisotopic (exact) mass is 328 g/mol. The van der Waals surface area contributed by atoms with Crippen molar-refractivity contribution < 1.29 is 9.18 Å². The topological polar surface area (TPSA) is 17.1 Å². The Balaban J connectivity index is 2.05. The molecule has 0 bridgehead atoms. The minimum Gasteiger partial charge on any atom is -0.289 e. The molecule has 0 saturated heterocycles. The molecule has 98 valence electrons. The van der Waals surface area contributed by atoms with Crippen molar-refractivity contribution in [2.24, 2.45) is 0 Å². The molecule has 3 rings (SSSR count). The molecule has 0 radical (unpaired) electrons. The van der Waals surface area contributed by atoms with Crippen molar-refractivity contribution in [1.82, 2.24) is 0 Å². The molecule has 0 fully saturated rings. The van der Waals surface area contributed by atoms with Gasteiger partial charge in [-0.15, -0.1) is 0 Å². The highest BCUT2D eigenvalue weighted by atomic mass is 79.9. The summed E-state index contributed by atoms with van der Waals surface area (Å²) >= 11 is 3.10. The summed E-state index contributed by atoms with van der Waals surface area (Å²) in [6.45, 7) is 0. The maximum absolute atomic E-state index is 13.2. The molecule has 0 amide bonds. The number of carbonyl (C=O) groups is 1. The van der Waals surface area contributed by atoms with E-state index in [0.29, 0.717) is 15.6 Å². The van der Waals surface area contributed by atoms with Gasteiger partial charge >= 0.3 is 0 Å². The van der Waals surface area contributed by atoms with E-state index < -0.39 is 0 Å². The summed E-state index contributed by atoms with van der Waals surface area (Å²) in [5.74, 6) is -0.489. The second-order valence-corrected chi connectivity index (χ2v) is 5.37. The molecule has 0 aromatic heterocycles. The Bertz CT molecular complexity index is 811. The van der Waals surface area contributed by atoms with Crippen LogP contribution in [0.4, 0.5) is 4.39 Å². The number of hydrogen-bond acceptors (Lipinski definition) is 1. The highest BCUT2D eigenvalue weighted by Gasteiger charge is 2.11. The lowest BCUT2D eigenvalue weighted by Crippen LogP contribution is -2.01. The number of rotatable bonds is 2. The van der Waals surface area contributed by atoms with Gasteiger partial charge in [-0.3, -0.25) is 4.79 Å². The van der Waals surface area contributed by atoms with Crippen molar-refractivity contribution in [3.05, 3.63) is 82.1 Å². The first kappa shape index (κ1) is 13.0. The van der Waals surface area contributed by atoms with Gasteiger partial charge in [0, 0.05) is 11.1 Å². The lowest BCUT2D eigenvalue weighted by Gasteiger charge is -2.04. The van der Waals surface area contributed by atoms with Crippen LogP contribution in [0, 0.1) is 5.82 Å². The Morgan fingerprint density at radius 1 is 0.850 bits per heavy atom. The average Bonchev–Trinajstić information content (AvgIpc) is 2.49. The van der Waals surface area contributed by atoms with Crippen molar-refractivity contribution in [2.45, 2.75) is 0 Å². The Morgan fingerprint density at radius 3 is 2.25 bits per heavy atom. The van der Waals surface area contributed by atoms with Crippen LogP contribution in [0.2, 0.25) is 0 Å². The summed E-state index contributed by atoms with van der Waals surface area (Å²) in [7, 11) is 0. The molecule has 20 heavy (non-hydrogen) atoms. The van der Waals surface area contributed by atoms with Crippen LogP contribution < -0.4 is 0 Å². The predicted octanol–water partition coefficient (Wildman–Crippen LogP) is 4.97. The molecule has 0 aliphatic rings. The van der Waals surface area contributed by atoms with Crippen LogP contribution in [0.1, 0.15) is 15.9 Å². The molecular weight excluding hydrogens is 319 g/mol. The normalized spacial score (nSPS) is 10.7. The number of ketones is 1. The molecule has 3 aromatic rings. The molecule has 0 aliphatic heterocycles. The molecule has 0 N–H and O–H groups in total. The summed E-state index contributed by atoms with van der Waals surface area (Å²) in [5.41, 5.74) is 1.07. The zero-order valence-electron chi connectivity index (χ0n) is 10.4. The van der Waals surface area contributed by atoms with Crippen molar-refractivity contribution in [3.63, 3.8) is 0 Å². The molecular formula is C17H10BrFO.